The Morgan fingerprint density at radius 3 is 2.54 bits per heavy atom. The van der Waals surface area contributed by atoms with Gasteiger partial charge < -0.3 is 4.74 Å². The number of rotatable bonds is 5. The van der Waals surface area contributed by atoms with E-state index in [1.165, 1.54) is 11.1 Å². The van der Waals surface area contributed by atoms with Crippen LogP contribution < -0.4 is 10.3 Å². The quantitative estimate of drug-likeness (QED) is 0.239. The van der Waals surface area contributed by atoms with E-state index in [4.69, 9.17) is 9.72 Å². The van der Waals surface area contributed by atoms with E-state index in [0.717, 1.165) is 71.3 Å². The fourth-order valence-corrected chi connectivity index (χ4v) is 6.77. The third-order valence-corrected chi connectivity index (χ3v) is 8.48. The van der Waals surface area contributed by atoms with Gasteiger partial charge in [-0.15, -0.1) is 0 Å². The number of nitrogens with zero attached hydrogens (tertiary/aromatic N) is 2. The van der Waals surface area contributed by atoms with Gasteiger partial charge in [0.05, 0.1) is 24.1 Å². The fourth-order valence-electron chi connectivity index (χ4n) is 5.81. The van der Waals surface area contributed by atoms with Crippen molar-refractivity contribution in [2.45, 2.75) is 48.4 Å². The molecular formula is C30H28N2O2S. The predicted molar refractivity (Wildman–Crippen MR) is 142 cm³/mol. The summed E-state index contributed by atoms with van der Waals surface area (Å²) in [4.78, 5) is 19.8. The Morgan fingerprint density at radius 2 is 1.74 bits per heavy atom. The van der Waals surface area contributed by atoms with Gasteiger partial charge in [-0.3, -0.25) is 9.36 Å². The van der Waals surface area contributed by atoms with Crippen LogP contribution in [0.4, 0.5) is 0 Å². The molecule has 0 bridgehead atoms. The average molecular weight is 481 g/mol. The van der Waals surface area contributed by atoms with E-state index in [9.17, 15) is 4.79 Å². The molecule has 0 unspecified atom stereocenters. The third kappa shape index (κ3) is 3.88. The zero-order chi connectivity index (χ0) is 23.8. The molecule has 1 fully saturated rings. The maximum absolute atomic E-state index is 14.5. The summed E-state index contributed by atoms with van der Waals surface area (Å²) < 4.78 is 7.32. The first-order valence-corrected chi connectivity index (χ1v) is 13.2. The summed E-state index contributed by atoms with van der Waals surface area (Å²) in [5, 5.41) is 0.718. The van der Waals surface area contributed by atoms with Gasteiger partial charge >= 0.3 is 0 Å². The molecule has 4 aromatic rings. The molecule has 2 aliphatic rings. The highest BCUT2D eigenvalue weighted by Gasteiger charge is 2.44. The van der Waals surface area contributed by atoms with E-state index < -0.39 is 0 Å². The molecule has 1 saturated carbocycles. The van der Waals surface area contributed by atoms with Crippen molar-refractivity contribution in [2.75, 3.05) is 7.11 Å². The van der Waals surface area contributed by atoms with Crippen LogP contribution in [0.25, 0.3) is 16.9 Å². The molecule has 176 valence electrons. The van der Waals surface area contributed by atoms with Gasteiger partial charge in [0.1, 0.15) is 5.75 Å². The number of hydrogen-bond acceptors (Lipinski definition) is 4. The number of thioether (sulfide) groups is 1. The van der Waals surface area contributed by atoms with Crippen molar-refractivity contribution in [3.8, 4) is 22.7 Å². The molecule has 2 aliphatic carbocycles. The van der Waals surface area contributed by atoms with Crippen LogP contribution in [0.5, 0.6) is 5.75 Å². The van der Waals surface area contributed by atoms with Crippen LogP contribution in [0.1, 0.15) is 42.4 Å². The predicted octanol–water partition coefficient (Wildman–Crippen LogP) is 6.57. The molecule has 0 aliphatic heterocycles. The van der Waals surface area contributed by atoms with Gasteiger partial charge in [0.2, 0.25) is 0 Å². The monoisotopic (exact) mass is 480 g/mol. The van der Waals surface area contributed by atoms with Crippen LogP contribution in [0.15, 0.2) is 88.8 Å². The number of benzene rings is 3. The molecule has 4 nitrogen and oxygen atoms in total. The highest BCUT2D eigenvalue weighted by Crippen LogP contribution is 2.50. The van der Waals surface area contributed by atoms with Gasteiger partial charge in [-0.05, 0) is 42.5 Å². The SMILES string of the molecule is COc1cccc(-n2c(SCc3ccccc3)nc3c(c2=O)C2(CCCC2)Cc2ccccc2-3)c1. The van der Waals surface area contributed by atoms with Crippen LogP contribution in [-0.4, -0.2) is 16.7 Å². The first-order chi connectivity index (χ1) is 17.2. The first kappa shape index (κ1) is 22.2. The Hall–Kier alpha value is -3.31. The fraction of sp³-hybridized carbons (Fsp3) is 0.267. The Bertz CT molecular complexity index is 1440. The maximum atomic E-state index is 14.5. The molecule has 1 heterocycles. The summed E-state index contributed by atoms with van der Waals surface area (Å²) in [5.41, 5.74) is 6.14. The van der Waals surface area contributed by atoms with E-state index in [2.05, 4.69) is 36.4 Å². The van der Waals surface area contributed by atoms with Crippen LogP contribution in [0.3, 0.4) is 0 Å². The molecule has 3 aromatic carbocycles. The minimum Gasteiger partial charge on any atom is -0.497 e. The third-order valence-electron chi connectivity index (χ3n) is 7.47. The highest BCUT2D eigenvalue weighted by atomic mass is 32.2. The average Bonchev–Trinajstić information content (AvgIpc) is 3.36. The summed E-state index contributed by atoms with van der Waals surface area (Å²) in [6.45, 7) is 0. The zero-order valence-corrected chi connectivity index (χ0v) is 20.7. The minimum atomic E-state index is -0.128. The maximum Gasteiger partial charge on any atom is 0.263 e. The molecule has 5 heteroatoms. The number of hydrogen-bond donors (Lipinski definition) is 0. The van der Waals surface area contributed by atoms with Crippen molar-refractivity contribution in [3.63, 3.8) is 0 Å². The van der Waals surface area contributed by atoms with Gasteiger partial charge in [0.25, 0.3) is 5.56 Å². The normalized spacial score (nSPS) is 15.6. The van der Waals surface area contributed by atoms with Crippen molar-refractivity contribution >= 4 is 11.8 Å². The van der Waals surface area contributed by atoms with Crippen molar-refractivity contribution in [1.29, 1.82) is 0 Å². The summed E-state index contributed by atoms with van der Waals surface area (Å²) in [7, 11) is 1.66. The number of methoxy groups -OCH3 is 1. The lowest BCUT2D eigenvalue weighted by molar-refractivity contribution is 0.413. The second-order valence-corrected chi connectivity index (χ2v) is 10.5. The van der Waals surface area contributed by atoms with E-state index >= 15 is 0 Å². The lowest BCUT2D eigenvalue weighted by atomic mass is 9.68. The second kappa shape index (κ2) is 9.04. The molecule has 6 rings (SSSR count). The topological polar surface area (TPSA) is 44.1 Å². The molecule has 1 aromatic heterocycles. The molecule has 0 amide bonds. The Balaban J connectivity index is 1.59. The molecular weight excluding hydrogens is 452 g/mol. The van der Waals surface area contributed by atoms with E-state index in [0.29, 0.717) is 0 Å². The van der Waals surface area contributed by atoms with Gasteiger partial charge in [0, 0.05) is 22.8 Å². The van der Waals surface area contributed by atoms with Crippen LogP contribution in [-0.2, 0) is 17.6 Å². The van der Waals surface area contributed by atoms with Gasteiger partial charge in [-0.25, -0.2) is 4.98 Å². The summed E-state index contributed by atoms with van der Waals surface area (Å²) in [5.74, 6) is 1.47. The van der Waals surface area contributed by atoms with Crippen molar-refractivity contribution in [1.82, 2.24) is 9.55 Å². The Kier molecular flexibility index (Phi) is 5.73. The number of ether oxygens (including phenoxy) is 1. The number of aromatic nitrogens is 2. The summed E-state index contributed by atoms with van der Waals surface area (Å²) in [6.07, 6.45) is 5.32. The van der Waals surface area contributed by atoms with E-state index in [-0.39, 0.29) is 11.0 Å². The van der Waals surface area contributed by atoms with Gasteiger partial charge in [0.15, 0.2) is 5.16 Å². The molecule has 0 N–H and O–H groups in total. The van der Waals surface area contributed by atoms with E-state index in [1.807, 2.05) is 47.0 Å². The molecule has 35 heavy (non-hydrogen) atoms. The van der Waals surface area contributed by atoms with Crippen LogP contribution >= 0.6 is 11.8 Å². The van der Waals surface area contributed by atoms with Crippen molar-refractivity contribution in [2.24, 2.45) is 0 Å². The standard InChI is InChI=1S/C30H28N2O2S/c1-34-24-14-9-13-23(18-24)32-28(33)26-27(31-29(32)35-20-21-10-3-2-4-11-21)25-15-6-5-12-22(25)19-30(26)16-7-8-17-30/h2-6,9-15,18H,7-8,16-17,19-20H2,1H3. The van der Waals surface area contributed by atoms with Crippen molar-refractivity contribution < 1.29 is 4.74 Å². The van der Waals surface area contributed by atoms with Gasteiger partial charge in [-0.1, -0.05) is 85.3 Å². The molecule has 0 atom stereocenters. The Labute approximate surface area is 210 Å². The lowest BCUT2D eigenvalue weighted by Gasteiger charge is -2.36. The number of fused-ring (bicyclic) bond motifs is 4. The zero-order valence-electron chi connectivity index (χ0n) is 19.9. The summed E-state index contributed by atoms with van der Waals surface area (Å²) in [6, 6.07) is 26.6. The van der Waals surface area contributed by atoms with E-state index in [1.54, 1.807) is 18.9 Å². The highest BCUT2D eigenvalue weighted by molar-refractivity contribution is 7.98. The van der Waals surface area contributed by atoms with Crippen LogP contribution in [0.2, 0.25) is 0 Å². The molecule has 0 saturated heterocycles. The first-order valence-electron chi connectivity index (χ1n) is 12.3. The smallest absolute Gasteiger partial charge is 0.263 e. The minimum absolute atomic E-state index is 0.0650. The summed E-state index contributed by atoms with van der Waals surface area (Å²) >= 11 is 1.61. The second-order valence-electron chi connectivity index (χ2n) is 9.56. The van der Waals surface area contributed by atoms with Crippen molar-refractivity contribution in [3.05, 3.63) is 106 Å². The Morgan fingerprint density at radius 1 is 0.971 bits per heavy atom. The molecule has 1 spiro atoms. The molecule has 0 radical (unpaired) electrons. The lowest BCUT2D eigenvalue weighted by Crippen LogP contribution is -2.40. The van der Waals surface area contributed by atoms with Crippen LogP contribution in [0, 0.1) is 0 Å². The van der Waals surface area contributed by atoms with Gasteiger partial charge in [-0.2, -0.15) is 0 Å². The largest absolute Gasteiger partial charge is 0.497 e.